The largest absolute Gasteiger partial charge is 0.416 e. The minimum atomic E-state index is -5.16. The Balaban J connectivity index is 0.000000320. The molecule has 14 nitrogen and oxygen atoms in total. The third kappa shape index (κ3) is 12.7. The standard InChI is InChI=1S/2C16H9F6N3O4S/c17-15(18,19)9-5-8(6-10(7-9)16(20,21)22)13(26)23-14(30)24(27)11-1-3-12(4-2-11)25(28)29;17-15(18,19)9-4-8(5-10(6-9)16(20,21)22)13(26)23-14(30)24(27)11-2-1-3-12(7-11)25(28)29/h2*1-7,27H,(H,23,26,30). The number of halogens is 12. The summed E-state index contributed by atoms with van der Waals surface area (Å²) in [4.78, 5) is 44.1. The first kappa shape index (κ1) is 47.9. The van der Waals surface area contributed by atoms with Crippen molar-refractivity contribution >= 4 is 69.2 Å². The van der Waals surface area contributed by atoms with Crippen molar-refractivity contribution in [3.63, 3.8) is 0 Å². The van der Waals surface area contributed by atoms with E-state index in [1.54, 1.807) is 10.6 Å². The van der Waals surface area contributed by atoms with Gasteiger partial charge in [-0.2, -0.15) is 62.8 Å². The number of hydrogen-bond acceptors (Lipinski definition) is 10. The van der Waals surface area contributed by atoms with Crippen LogP contribution in [0.25, 0.3) is 0 Å². The molecule has 0 aliphatic carbocycles. The minimum Gasteiger partial charge on any atom is -0.297 e. The SMILES string of the molecule is O=C(NC(=S)N(O)c1ccc([N+](=O)[O-])cc1)c1cc(C(F)(F)F)cc(C(F)(F)F)c1.O=C(NC(=S)N(O)c1cccc([N+](=O)[O-])c1)c1cc(C(F)(F)F)cc(C(F)(F)F)c1. The van der Waals surface area contributed by atoms with Gasteiger partial charge in [0, 0.05) is 35.4 Å². The van der Waals surface area contributed by atoms with Crippen molar-refractivity contribution in [3.05, 3.63) is 139 Å². The van der Waals surface area contributed by atoms with Crippen molar-refractivity contribution in [2.24, 2.45) is 0 Å². The van der Waals surface area contributed by atoms with Crippen LogP contribution in [0.3, 0.4) is 0 Å². The van der Waals surface area contributed by atoms with Gasteiger partial charge in [0.1, 0.15) is 0 Å². The van der Waals surface area contributed by atoms with Crippen molar-refractivity contribution in [2.75, 3.05) is 10.1 Å². The van der Waals surface area contributed by atoms with Gasteiger partial charge in [0.05, 0.1) is 43.5 Å². The summed E-state index contributed by atoms with van der Waals surface area (Å²) >= 11 is 9.38. The number of carbonyl (C=O) groups is 2. The predicted octanol–water partition coefficient (Wildman–Crippen LogP) is 9.09. The van der Waals surface area contributed by atoms with Gasteiger partial charge in [-0.05, 0) is 79.0 Å². The topological polar surface area (TPSA) is 191 Å². The summed E-state index contributed by atoms with van der Waals surface area (Å²) in [5.74, 6) is -2.92. The molecule has 0 aromatic heterocycles. The van der Waals surface area contributed by atoms with E-state index in [4.69, 9.17) is 12.2 Å². The summed E-state index contributed by atoms with van der Waals surface area (Å²) < 4.78 is 155. The zero-order chi connectivity index (χ0) is 45.7. The number of anilines is 2. The number of amides is 2. The fraction of sp³-hybridized carbons (Fsp3) is 0.125. The summed E-state index contributed by atoms with van der Waals surface area (Å²) in [7, 11) is 0. The fourth-order valence-corrected chi connectivity index (χ4v) is 4.70. The lowest BCUT2D eigenvalue weighted by Crippen LogP contribution is -2.41. The lowest BCUT2D eigenvalue weighted by molar-refractivity contribution is -0.385. The minimum absolute atomic E-state index is 0.0957. The number of hydrogen-bond donors (Lipinski definition) is 4. The van der Waals surface area contributed by atoms with Crippen molar-refractivity contribution < 1.29 is 82.5 Å². The first-order chi connectivity index (χ1) is 27.4. The number of nitro groups is 2. The molecule has 0 radical (unpaired) electrons. The number of nitrogens with one attached hydrogen (secondary N) is 2. The number of alkyl halides is 12. The summed E-state index contributed by atoms with van der Waals surface area (Å²) in [5, 5.41) is 43.4. The van der Waals surface area contributed by atoms with E-state index >= 15 is 0 Å². The number of benzene rings is 4. The molecule has 4 rings (SSSR count). The quantitative estimate of drug-likeness (QED) is 0.0622. The van der Waals surface area contributed by atoms with Gasteiger partial charge >= 0.3 is 24.7 Å². The summed E-state index contributed by atoms with van der Waals surface area (Å²) in [6.45, 7) is 0. The zero-order valence-corrected chi connectivity index (χ0v) is 30.2. The van der Waals surface area contributed by atoms with Gasteiger partial charge in [-0.1, -0.05) is 6.07 Å². The van der Waals surface area contributed by atoms with Crippen molar-refractivity contribution in [1.82, 2.24) is 10.6 Å². The Morgan fingerprint density at radius 3 is 1.17 bits per heavy atom. The first-order valence-corrected chi connectivity index (χ1v) is 16.0. The van der Waals surface area contributed by atoms with E-state index in [0.717, 1.165) is 42.5 Å². The van der Waals surface area contributed by atoms with E-state index in [1.165, 1.54) is 6.07 Å². The molecule has 60 heavy (non-hydrogen) atoms. The second-order valence-electron chi connectivity index (χ2n) is 11.3. The predicted molar refractivity (Wildman–Crippen MR) is 188 cm³/mol. The monoisotopic (exact) mass is 906 g/mol. The molecule has 4 aromatic rings. The highest BCUT2D eigenvalue weighted by molar-refractivity contribution is 7.80. The van der Waals surface area contributed by atoms with Crippen LogP contribution in [0.2, 0.25) is 0 Å². The molecule has 0 saturated carbocycles. The van der Waals surface area contributed by atoms with Crippen LogP contribution in [-0.2, 0) is 24.7 Å². The number of rotatable bonds is 6. The van der Waals surface area contributed by atoms with Crippen LogP contribution in [0.4, 0.5) is 75.4 Å². The van der Waals surface area contributed by atoms with Gasteiger partial charge < -0.3 is 0 Å². The second kappa shape index (κ2) is 18.2. The Labute approximate surface area is 335 Å². The summed E-state index contributed by atoms with van der Waals surface area (Å²) in [6.07, 6.45) is -20.6. The number of nitrogens with zero attached hydrogens (tertiary/aromatic N) is 4. The lowest BCUT2D eigenvalue weighted by atomic mass is 10.0. The molecular formula is C32H18F12N6O8S2. The molecule has 0 bridgehead atoms. The number of hydroxylamine groups is 2. The summed E-state index contributed by atoms with van der Waals surface area (Å²) in [6, 6.07) is 8.79. The number of non-ortho nitro benzene ring substituents is 2. The Morgan fingerprint density at radius 1 is 0.517 bits per heavy atom. The second-order valence-corrected chi connectivity index (χ2v) is 12.1. The van der Waals surface area contributed by atoms with E-state index < -0.39 is 95.7 Å². The molecule has 2 amide bonds. The lowest BCUT2D eigenvalue weighted by Gasteiger charge is -2.19. The molecule has 4 N–H and O–H groups in total. The van der Waals surface area contributed by atoms with Gasteiger partial charge in [0.25, 0.3) is 23.2 Å². The van der Waals surface area contributed by atoms with Crippen LogP contribution in [0.5, 0.6) is 0 Å². The Bertz CT molecular complexity index is 2260. The molecule has 320 valence electrons. The zero-order valence-electron chi connectivity index (χ0n) is 28.6. The molecule has 0 atom stereocenters. The van der Waals surface area contributed by atoms with Crippen molar-refractivity contribution in [3.8, 4) is 0 Å². The van der Waals surface area contributed by atoms with E-state index in [0.29, 0.717) is 0 Å². The average molecular weight is 907 g/mol. The molecule has 0 spiro atoms. The van der Waals surface area contributed by atoms with Crippen LogP contribution in [0.15, 0.2) is 84.9 Å². The maximum Gasteiger partial charge on any atom is 0.416 e. The van der Waals surface area contributed by atoms with E-state index in [9.17, 15) is 92.9 Å². The van der Waals surface area contributed by atoms with Gasteiger partial charge in [-0.15, -0.1) is 0 Å². The Kier molecular flexibility index (Phi) is 14.5. The maximum absolute atomic E-state index is 12.9. The van der Waals surface area contributed by atoms with Gasteiger partial charge in [-0.25, -0.2) is 0 Å². The maximum atomic E-state index is 12.9. The van der Waals surface area contributed by atoms with Crippen molar-refractivity contribution in [2.45, 2.75) is 24.7 Å². The Morgan fingerprint density at radius 2 is 0.850 bits per heavy atom. The van der Waals surface area contributed by atoms with Gasteiger partial charge in [0.2, 0.25) is 10.2 Å². The molecule has 0 unspecified atom stereocenters. The van der Waals surface area contributed by atoms with E-state index in [2.05, 4.69) is 12.2 Å². The molecule has 0 saturated heterocycles. The van der Waals surface area contributed by atoms with Crippen molar-refractivity contribution in [1.29, 1.82) is 0 Å². The van der Waals surface area contributed by atoms with Crippen LogP contribution < -0.4 is 20.8 Å². The first-order valence-electron chi connectivity index (χ1n) is 15.2. The Hall–Kier alpha value is -6.52. The molecule has 28 heteroatoms. The van der Waals surface area contributed by atoms with Gasteiger partial charge in [-0.3, -0.25) is 50.9 Å². The van der Waals surface area contributed by atoms with Gasteiger partial charge in [0.15, 0.2) is 0 Å². The average Bonchev–Trinajstić information content (AvgIpc) is 3.15. The van der Waals surface area contributed by atoms with E-state index in [-0.39, 0.29) is 63.6 Å². The third-order valence-corrected chi connectivity index (χ3v) is 7.67. The van der Waals surface area contributed by atoms with Crippen LogP contribution in [-0.4, -0.2) is 42.3 Å². The molecule has 0 aliphatic rings. The highest BCUT2D eigenvalue weighted by Gasteiger charge is 2.39. The molecule has 0 fully saturated rings. The normalized spacial score (nSPS) is 11.7. The molecular weight excluding hydrogens is 888 g/mol. The molecule has 0 heterocycles. The molecule has 4 aromatic carbocycles. The summed E-state index contributed by atoms with van der Waals surface area (Å²) in [5.41, 5.74) is -10.1. The van der Waals surface area contributed by atoms with Crippen LogP contribution in [0.1, 0.15) is 43.0 Å². The fourth-order valence-electron chi connectivity index (χ4n) is 4.30. The number of carbonyl (C=O) groups excluding carboxylic acids is 2. The number of nitro benzene ring substituents is 2. The van der Waals surface area contributed by atoms with Crippen LogP contribution in [0, 0.1) is 20.2 Å². The van der Waals surface area contributed by atoms with Crippen LogP contribution >= 0.6 is 24.4 Å². The molecule has 0 aliphatic heterocycles. The number of thiocarbonyl (C=S) groups is 2. The smallest absolute Gasteiger partial charge is 0.297 e. The van der Waals surface area contributed by atoms with E-state index in [1.807, 2.05) is 0 Å². The third-order valence-electron chi connectivity index (χ3n) is 7.12. The highest BCUT2D eigenvalue weighted by Crippen LogP contribution is 2.38. The highest BCUT2D eigenvalue weighted by atomic mass is 32.1.